The molecule has 27 heavy (non-hydrogen) atoms. The van der Waals surface area contributed by atoms with E-state index in [0.29, 0.717) is 17.1 Å². The average molecular weight is 360 g/mol. The fourth-order valence-electron chi connectivity index (χ4n) is 2.93. The first kappa shape index (κ1) is 18.3. The molecule has 0 amide bonds. The zero-order valence-corrected chi connectivity index (χ0v) is 15.2. The Labute approximate surface area is 158 Å². The quantitative estimate of drug-likeness (QED) is 0.636. The number of carboxylic acid groups (broad SMARTS) is 1. The molecule has 136 valence electrons. The summed E-state index contributed by atoms with van der Waals surface area (Å²) in [5.74, 6) is 0.134. The van der Waals surface area contributed by atoms with Crippen molar-refractivity contribution in [2.75, 3.05) is 14.2 Å². The summed E-state index contributed by atoms with van der Waals surface area (Å²) in [5.41, 5.74) is 4.33. The Kier molecular flexibility index (Phi) is 5.57. The minimum Gasteiger partial charge on any atom is -0.493 e. The largest absolute Gasteiger partial charge is 0.493 e. The van der Waals surface area contributed by atoms with Crippen LogP contribution in [0.1, 0.15) is 11.1 Å². The normalized spacial score (nSPS) is 11.1. The lowest BCUT2D eigenvalue weighted by Crippen LogP contribution is -1.97. The van der Waals surface area contributed by atoms with Crippen molar-refractivity contribution < 1.29 is 19.4 Å². The van der Waals surface area contributed by atoms with Crippen LogP contribution in [0.2, 0.25) is 0 Å². The van der Waals surface area contributed by atoms with Crippen LogP contribution in [0.4, 0.5) is 0 Å². The lowest BCUT2D eigenvalue weighted by atomic mass is 9.95. The van der Waals surface area contributed by atoms with Gasteiger partial charge >= 0.3 is 5.97 Å². The zero-order chi connectivity index (χ0) is 19.2. The predicted octanol–water partition coefficient (Wildman–Crippen LogP) is 4.89. The highest BCUT2D eigenvalue weighted by atomic mass is 16.5. The Hall–Kier alpha value is -3.53. The summed E-state index contributed by atoms with van der Waals surface area (Å²) in [6.07, 6.45) is 1.21. The van der Waals surface area contributed by atoms with E-state index in [1.165, 1.54) is 6.08 Å². The van der Waals surface area contributed by atoms with Crippen LogP contribution in [0.3, 0.4) is 0 Å². The van der Waals surface area contributed by atoms with E-state index in [4.69, 9.17) is 9.47 Å². The number of hydrogen-bond donors (Lipinski definition) is 1. The molecule has 4 heteroatoms. The zero-order valence-electron chi connectivity index (χ0n) is 15.2. The summed E-state index contributed by atoms with van der Waals surface area (Å²) in [5, 5.41) is 9.33. The van der Waals surface area contributed by atoms with Gasteiger partial charge in [-0.05, 0) is 40.0 Å². The van der Waals surface area contributed by atoms with E-state index in [1.807, 2.05) is 60.7 Å². The lowest BCUT2D eigenvalue weighted by molar-refractivity contribution is -0.131. The second kappa shape index (κ2) is 8.23. The van der Waals surface area contributed by atoms with Crippen LogP contribution in [0.15, 0.2) is 78.9 Å². The van der Waals surface area contributed by atoms with Gasteiger partial charge in [0.05, 0.1) is 14.2 Å². The van der Waals surface area contributed by atoms with Crippen LogP contribution in [-0.4, -0.2) is 25.3 Å². The molecule has 4 nitrogen and oxygen atoms in total. The van der Waals surface area contributed by atoms with Crippen molar-refractivity contribution in [3.8, 4) is 22.6 Å². The number of rotatable bonds is 6. The maximum absolute atomic E-state index is 11.4. The van der Waals surface area contributed by atoms with Gasteiger partial charge in [0.2, 0.25) is 0 Å². The predicted molar refractivity (Wildman–Crippen MR) is 106 cm³/mol. The first-order valence-electron chi connectivity index (χ1n) is 8.45. The molecule has 0 aliphatic rings. The summed E-state index contributed by atoms with van der Waals surface area (Å²) in [4.78, 5) is 11.4. The molecule has 0 aromatic heterocycles. The van der Waals surface area contributed by atoms with Gasteiger partial charge in [-0.3, -0.25) is 0 Å². The van der Waals surface area contributed by atoms with E-state index in [9.17, 15) is 9.90 Å². The van der Waals surface area contributed by atoms with Gasteiger partial charge in [0.15, 0.2) is 11.5 Å². The molecule has 1 N–H and O–H groups in total. The van der Waals surface area contributed by atoms with Gasteiger partial charge in [-0.15, -0.1) is 0 Å². The van der Waals surface area contributed by atoms with E-state index < -0.39 is 5.97 Å². The molecular weight excluding hydrogens is 340 g/mol. The molecule has 0 saturated carbocycles. The molecule has 3 rings (SSSR count). The average Bonchev–Trinajstić information content (AvgIpc) is 2.72. The second-order valence-electron chi connectivity index (χ2n) is 5.91. The van der Waals surface area contributed by atoms with Crippen LogP contribution in [0.5, 0.6) is 11.5 Å². The number of hydrogen-bond acceptors (Lipinski definition) is 3. The highest BCUT2D eigenvalue weighted by molar-refractivity contribution is 5.95. The molecule has 0 spiro atoms. The van der Waals surface area contributed by atoms with E-state index >= 15 is 0 Å². The maximum atomic E-state index is 11.4. The molecule has 0 unspecified atom stereocenters. The number of ether oxygens (including phenoxy) is 2. The topological polar surface area (TPSA) is 55.8 Å². The molecule has 3 aromatic rings. The van der Waals surface area contributed by atoms with Crippen molar-refractivity contribution in [3.05, 3.63) is 90.0 Å². The van der Waals surface area contributed by atoms with Gasteiger partial charge in [-0.25, -0.2) is 4.79 Å². The van der Waals surface area contributed by atoms with Crippen molar-refractivity contribution in [1.29, 1.82) is 0 Å². The minimum atomic E-state index is -1.01. The molecule has 3 aromatic carbocycles. The fourth-order valence-corrected chi connectivity index (χ4v) is 2.93. The SMILES string of the molecule is COc1ccc(/C(=C/C(=O)O)c2ccc(-c3ccccc3)cc2)cc1OC. The van der Waals surface area contributed by atoms with Crippen molar-refractivity contribution in [2.24, 2.45) is 0 Å². The number of aliphatic carboxylic acids is 1. The van der Waals surface area contributed by atoms with Gasteiger partial charge < -0.3 is 14.6 Å². The third-order valence-electron chi connectivity index (χ3n) is 4.27. The first-order chi connectivity index (χ1) is 13.1. The van der Waals surface area contributed by atoms with Gasteiger partial charge in [0.1, 0.15) is 0 Å². The maximum Gasteiger partial charge on any atom is 0.328 e. The Bertz CT molecular complexity index is 957. The number of carboxylic acids is 1. The Morgan fingerprint density at radius 2 is 1.37 bits per heavy atom. The third-order valence-corrected chi connectivity index (χ3v) is 4.27. The number of methoxy groups -OCH3 is 2. The lowest BCUT2D eigenvalue weighted by Gasteiger charge is -2.13. The molecule has 0 radical (unpaired) electrons. The van der Waals surface area contributed by atoms with Crippen LogP contribution in [-0.2, 0) is 4.79 Å². The molecule has 0 fully saturated rings. The summed E-state index contributed by atoms with van der Waals surface area (Å²) in [6.45, 7) is 0. The molecular formula is C23H20O4. The highest BCUT2D eigenvalue weighted by Gasteiger charge is 2.12. The summed E-state index contributed by atoms with van der Waals surface area (Å²) < 4.78 is 10.6. The van der Waals surface area contributed by atoms with Crippen molar-refractivity contribution >= 4 is 11.5 Å². The van der Waals surface area contributed by atoms with E-state index in [2.05, 4.69) is 0 Å². The number of benzene rings is 3. The molecule has 0 heterocycles. The fraction of sp³-hybridized carbons (Fsp3) is 0.0870. The Morgan fingerprint density at radius 3 is 1.96 bits per heavy atom. The molecule has 0 aliphatic carbocycles. The van der Waals surface area contributed by atoms with Gasteiger partial charge in [-0.1, -0.05) is 60.7 Å². The minimum absolute atomic E-state index is 0.548. The van der Waals surface area contributed by atoms with E-state index in [0.717, 1.165) is 22.3 Å². The highest BCUT2D eigenvalue weighted by Crippen LogP contribution is 2.33. The molecule has 0 atom stereocenters. The van der Waals surface area contributed by atoms with Crippen molar-refractivity contribution in [3.63, 3.8) is 0 Å². The Morgan fingerprint density at radius 1 is 0.778 bits per heavy atom. The van der Waals surface area contributed by atoms with Crippen molar-refractivity contribution in [2.45, 2.75) is 0 Å². The van der Waals surface area contributed by atoms with Gasteiger partial charge in [0, 0.05) is 6.08 Å². The summed E-state index contributed by atoms with van der Waals surface area (Å²) >= 11 is 0. The van der Waals surface area contributed by atoms with Crippen molar-refractivity contribution in [1.82, 2.24) is 0 Å². The molecule has 0 aliphatic heterocycles. The molecule has 0 saturated heterocycles. The standard InChI is InChI=1S/C23H20O4/c1-26-21-13-12-19(14-22(21)27-2)20(15-23(24)25)18-10-8-17(9-11-18)16-6-4-3-5-7-16/h3-15H,1-2H3,(H,24,25)/b20-15+. The molecule has 0 bridgehead atoms. The smallest absolute Gasteiger partial charge is 0.328 e. The van der Waals surface area contributed by atoms with Gasteiger partial charge in [0.25, 0.3) is 0 Å². The Balaban J connectivity index is 2.03. The van der Waals surface area contributed by atoms with Crippen LogP contribution in [0, 0.1) is 0 Å². The van der Waals surface area contributed by atoms with Crippen LogP contribution >= 0.6 is 0 Å². The number of carbonyl (C=O) groups is 1. The van der Waals surface area contributed by atoms with E-state index in [-0.39, 0.29) is 0 Å². The monoisotopic (exact) mass is 360 g/mol. The van der Waals surface area contributed by atoms with E-state index in [1.54, 1.807) is 26.4 Å². The summed E-state index contributed by atoms with van der Waals surface area (Å²) in [6, 6.07) is 23.2. The van der Waals surface area contributed by atoms with Crippen LogP contribution < -0.4 is 9.47 Å². The third kappa shape index (κ3) is 4.18. The summed E-state index contributed by atoms with van der Waals surface area (Å²) in [7, 11) is 3.12. The first-order valence-corrected chi connectivity index (χ1v) is 8.45. The van der Waals surface area contributed by atoms with Gasteiger partial charge in [-0.2, -0.15) is 0 Å². The second-order valence-corrected chi connectivity index (χ2v) is 5.91. The van der Waals surface area contributed by atoms with Crippen LogP contribution in [0.25, 0.3) is 16.7 Å².